The van der Waals surface area contributed by atoms with E-state index >= 15 is 0 Å². The molecule has 0 unspecified atom stereocenters. The van der Waals surface area contributed by atoms with Gasteiger partial charge in [0.15, 0.2) is 0 Å². The van der Waals surface area contributed by atoms with E-state index in [1.54, 1.807) is 0 Å². The van der Waals surface area contributed by atoms with E-state index in [0.717, 1.165) is 0 Å². The summed E-state index contributed by atoms with van der Waals surface area (Å²) in [6, 6.07) is 19.4. The third-order valence-electron chi connectivity index (χ3n) is 3.06. The average molecular weight is 322 g/mol. The molecule has 0 nitrogen and oxygen atoms in total. The predicted octanol–water partition coefficient (Wildman–Crippen LogP) is 4.62. The summed E-state index contributed by atoms with van der Waals surface area (Å²) < 4.78 is 1.28. The van der Waals surface area contributed by atoms with Gasteiger partial charge in [-0.2, -0.15) is 0 Å². The molecule has 0 saturated heterocycles. The topological polar surface area (TPSA) is 0 Å². The van der Waals surface area contributed by atoms with Crippen LogP contribution in [0.25, 0.3) is 0 Å². The standard InChI is InChI=1S/C15H15I/c1-15(2,12-6-4-3-5-7-12)13-8-10-14(16)11-9-13/h3-11H,1-2H3. The Kier molecular flexibility index (Phi) is 3.33. The molecule has 0 aliphatic rings. The van der Waals surface area contributed by atoms with Gasteiger partial charge >= 0.3 is 0 Å². The van der Waals surface area contributed by atoms with Gasteiger partial charge in [0, 0.05) is 8.99 Å². The molecular weight excluding hydrogens is 307 g/mol. The molecule has 0 aliphatic carbocycles. The first-order valence-corrected chi connectivity index (χ1v) is 6.50. The van der Waals surface area contributed by atoms with E-state index in [9.17, 15) is 0 Å². The third kappa shape index (κ3) is 2.29. The van der Waals surface area contributed by atoms with Gasteiger partial charge < -0.3 is 0 Å². The molecule has 2 rings (SSSR count). The molecule has 0 fully saturated rings. The van der Waals surface area contributed by atoms with E-state index in [0.29, 0.717) is 0 Å². The maximum absolute atomic E-state index is 2.34. The Morgan fingerprint density at radius 1 is 0.750 bits per heavy atom. The summed E-state index contributed by atoms with van der Waals surface area (Å²) in [4.78, 5) is 0. The van der Waals surface area contributed by atoms with Gasteiger partial charge in [-0.05, 0) is 45.9 Å². The lowest BCUT2D eigenvalue weighted by Crippen LogP contribution is -2.18. The molecule has 0 bridgehead atoms. The summed E-state index contributed by atoms with van der Waals surface area (Å²) in [7, 11) is 0. The van der Waals surface area contributed by atoms with Gasteiger partial charge in [0.05, 0.1) is 0 Å². The molecule has 0 heterocycles. The summed E-state index contributed by atoms with van der Waals surface area (Å²) in [6.45, 7) is 4.54. The number of hydrogen-bond donors (Lipinski definition) is 0. The van der Waals surface area contributed by atoms with Gasteiger partial charge in [-0.25, -0.2) is 0 Å². The number of rotatable bonds is 2. The lowest BCUT2D eigenvalue weighted by Gasteiger charge is -2.26. The molecule has 0 saturated carbocycles. The zero-order chi connectivity index (χ0) is 11.6. The molecule has 0 aliphatic heterocycles. The van der Waals surface area contributed by atoms with Crippen molar-refractivity contribution in [3.8, 4) is 0 Å². The Hall–Kier alpha value is -0.830. The second kappa shape index (κ2) is 4.58. The molecule has 82 valence electrons. The lowest BCUT2D eigenvalue weighted by molar-refractivity contribution is 0.641. The second-order valence-corrected chi connectivity index (χ2v) is 5.74. The van der Waals surface area contributed by atoms with E-state index in [-0.39, 0.29) is 5.41 Å². The Labute approximate surface area is 111 Å². The van der Waals surface area contributed by atoms with Crippen LogP contribution in [0.3, 0.4) is 0 Å². The van der Waals surface area contributed by atoms with Crippen LogP contribution in [0.15, 0.2) is 54.6 Å². The average Bonchev–Trinajstić information content (AvgIpc) is 2.31. The minimum absolute atomic E-state index is 0.0750. The van der Waals surface area contributed by atoms with Crippen LogP contribution in [0.4, 0.5) is 0 Å². The summed E-state index contributed by atoms with van der Waals surface area (Å²) >= 11 is 2.34. The molecule has 0 aromatic heterocycles. The zero-order valence-electron chi connectivity index (χ0n) is 9.57. The molecule has 1 heteroatoms. The normalized spacial score (nSPS) is 11.4. The van der Waals surface area contributed by atoms with E-state index in [1.165, 1.54) is 14.7 Å². The van der Waals surface area contributed by atoms with E-state index in [2.05, 4.69) is 91.0 Å². The highest BCUT2D eigenvalue weighted by Gasteiger charge is 2.22. The highest BCUT2D eigenvalue weighted by Crippen LogP contribution is 2.31. The minimum atomic E-state index is 0.0750. The van der Waals surface area contributed by atoms with Crippen molar-refractivity contribution in [1.29, 1.82) is 0 Å². The molecule has 2 aromatic carbocycles. The summed E-state index contributed by atoms with van der Waals surface area (Å²) in [5.74, 6) is 0. The van der Waals surface area contributed by atoms with E-state index in [1.807, 2.05) is 0 Å². The highest BCUT2D eigenvalue weighted by atomic mass is 127. The van der Waals surface area contributed by atoms with Crippen LogP contribution in [0.5, 0.6) is 0 Å². The van der Waals surface area contributed by atoms with Crippen molar-refractivity contribution < 1.29 is 0 Å². The molecule has 0 radical (unpaired) electrons. The zero-order valence-corrected chi connectivity index (χ0v) is 11.7. The second-order valence-electron chi connectivity index (χ2n) is 4.50. The highest BCUT2D eigenvalue weighted by molar-refractivity contribution is 14.1. The Morgan fingerprint density at radius 3 is 1.81 bits per heavy atom. The molecule has 0 atom stereocenters. The van der Waals surface area contributed by atoms with Gasteiger partial charge in [0.25, 0.3) is 0 Å². The van der Waals surface area contributed by atoms with Gasteiger partial charge in [-0.1, -0.05) is 56.3 Å². The minimum Gasteiger partial charge on any atom is -0.0622 e. The van der Waals surface area contributed by atoms with E-state index < -0.39 is 0 Å². The molecular formula is C15H15I. The predicted molar refractivity (Wildman–Crippen MR) is 77.7 cm³/mol. The van der Waals surface area contributed by atoms with Crippen LogP contribution in [0.1, 0.15) is 25.0 Å². The van der Waals surface area contributed by atoms with Crippen LogP contribution in [-0.2, 0) is 5.41 Å². The van der Waals surface area contributed by atoms with Crippen molar-refractivity contribution in [1.82, 2.24) is 0 Å². The number of halogens is 1. The molecule has 0 amide bonds. The van der Waals surface area contributed by atoms with Crippen LogP contribution in [-0.4, -0.2) is 0 Å². The lowest BCUT2D eigenvalue weighted by atomic mass is 9.78. The van der Waals surface area contributed by atoms with Crippen LogP contribution in [0.2, 0.25) is 0 Å². The van der Waals surface area contributed by atoms with Gasteiger partial charge in [-0.3, -0.25) is 0 Å². The summed E-state index contributed by atoms with van der Waals surface area (Å²) in [5.41, 5.74) is 2.79. The molecule has 0 spiro atoms. The van der Waals surface area contributed by atoms with Gasteiger partial charge in [-0.15, -0.1) is 0 Å². The Balaban J connectivity index is 2.43. The van der Waals surface area contributed by atoms with Crippen LogP contribution in [0, 0.1) is 3.57 Å². The fraction of sp³-hybridized carbons (Fsp3) is 0.200. The number of benzene rings is 2. The Bertz CT molecular complexity index is 455. The summed E-state index contributed by atoms with van der Waals surface area (Å²) in [6.07, 6.45) is 0. The first-order valence-electron chi connectivity index (χ1n) is 5.42. The largest absolute Gasteiger partial charge is 0.0622 e. The maximum atomic E-state index is 2.34. The first-order chi connectivity index (χ1) is 7.60. The quantitative estimate of drug-likeness (QED) is 0.708. The van der Waals surface area contributed by atoms with Crippen LogP contribution >= 0.6 is 22.6 Å². The molecule has 16 heavy (non-hydrogen) atoms. The molecule has 2 aromatic rings. The Morgan fingerprint density at radius 2 is 1.25 bits per heavy atom. The van der Waals surface area contributed by atoms with Crippen molar-refractivity contribution in [3.05, 3.63) is 69.3 Å². The van der Waals surface area contributed by atoms with Gasteiger partial charge in [0.2, 0.25) is 0 Å². The van der Waals surface area contributed by atoms with Crippen molar-refractivity contribution in [3.63, 3.8) is 0 Å². The summed E-state index contributed by atoms with van der Waals surface area (Å²) in [5, 5.41) is 0. The van der Waals surface area contributed by atoms with Crippen molar-refractivity contribution >= 4 is 22.6 Å². The molecule has 0 N–H and O–H groups in total. The van der Waals surface area contributed by atoms with Gasteiger partial charge in [0.1, 0.15) is 0 Å². The van der Waals surface area contributed by atoms with Crippen molar-refractivity contribution in [2.24, 2.45) is 0 Å². The monoisotopic (exact) mass is 322 g/mol. The fourth-order valence-electron chi connectivity index (χ4n) is 1.89. The first kappa shape index (κ1) is 11.6. The van der Waals surface area contributed by atoms with E-state index in [4.69, 9.17) is 0 Å². The number of hydrogen-bond acceptors (Lipinski definition) is 0. The van der Waals surface area contributed by atoms with Crippen molar-refractivity contribution in [2.45, 2.75) is 19.3 Å². The van der Waals surface area contributed by atoms with Crippen molar-refractivity contribution in [2.75, 3.05) is 0 Å². The smallest absolute Gasteiger partial charge is 0.0146 e. The third-order valence-corrected chi connectivity index (χ3v) is 3.78. The SMILES string of the molecule is CC(C)(c1ccccc1)c1ccc(I)cc1. The fourth-order valence-corrected chi connectivity index (χ4v) is 2.25. The maximum Gasteiger partial charge on any atom is 0.0146 e. The van der Waals surface area contributed by atoms with Crippen LogP contribution < -0.4 is 0 Å².